The smallest absolute Gasteiger partial charge is 0.107 e. The molecular weight excluding hydrogens is 184 g/mol. The molecule has 1 aromatic heterocycles. The Bertz CT molecular complexity index is 298. The molecule has 0 aromatic carbocycles. The zero-order valence-corrected chi connectivity index (χ0v) is 9.85. The third kappa shape index (κ3) is 2.64. The Morgan fingerprint density at radius 3 is 2.87 bits per heavy atom. The van der Waals surface area contributed by atoms with Crippen LogP contribution < -0.4 is 0 Å². The molecule has 0 N–H and O–H groups in total. The van der Waals surface area contributed by atoms with Gasteiger partial charge in [0.15, 0.2) is 0 Å². The fraction of sp³-hybridized carbons (Fsp3) is 0.714. The molecule has 0 fully saturated rings. The monoisotopic (exact) mass is 206 g/mol. The first-order valence-electron chi connectivity index (χ1n) is 6.50. The van der Waals surface area contributed by atoms with Gasteiger partial charge in [0.05, 0.1) is 6.26 Å². The van der Waals surface area contributed by atoms with Crippen molar-refractivity contribution in [3.63, 3.8) is 0 Å². The fourth-order valence-electron chi connectivity index (χ4n) is 2.51. The minimum Gasteiger partial charge on any atom is -0.469 e. The molecule has 0 atom stereocenters. The predicted molar refractivity (Wildman–Crippen MR) is 63.2 cm³/mol. The van der Waals surface area contributed by atoms with Crippen molar-refractivity contribution in [2.45, 2.75) is 64.7 Å². The van der Waals surface area contributed by atoms with Gasteiger partial charge in [-0.2, -0.15) is 0 Å². The van der Waals surface area contributed by atoms with Gasteiger partial charge in [0.2, 0.25) is 0 Å². The lowest BCUT2D eigenvalue weighted by Crippen LogP contribution is -2.01. The summed E-state index contributed by atoms with van der Waals surface area (Å²) in [7, 11) is 0. The number of rotatable bonds is 5. The van der Waals surface area contributed by atoms with E-state index in [1.54, 1.807) is 5.56 Å². The zero-order valence-electron chi connectivity index (χ0n) is 9.85. The van der Waals surface area contributed by atoms with Crippen molar-refractivity contribution in [1.29, 1.82) is 0 Å². The van der Waals surface area contributed by atoms with Gasteiger partial charge < -0.3 is 4.42 Å². The van der Waals surface area contributed by atoms with E-state index < -0.39 is 0 Å². The van der Waals surface area contributed by atoms with Crippen LogP contribution in [0, 0.1) is 0 Å². The predicted octanol–water partition coefficient (Wildman–Crippen LogP) is 4.28. The Morgan fingerprint density at radius 1 is 1.13 bits per heavy atom. The maximum absolute atomic E-state index is 5.70. The summed E-state index contributed by atoms with van der Waals surface area (Å²) in [6.45, 7) is 2.26. The molecule has 0 aliphatic heterocycles. The van der Waals surface area contributed by atoms with Crippen molar-refractivity contribution in [3.05, 3.63) is 23.2 Å². The van der Waals surface area contributed by atoms with Crippen LogP contribution in [0.25, 0.3) is 0 Å². The molecule has 2 rings (SSSR count). The van der Waals surface area contributed by atoms with Gasteiger partial charge in [-0.15, -0.1) is 0 Å². The van der Waals surface area contributed by atoms with Crippen LogP contribution in [0.2, 0.25) is 0 Å². The van der Waals surface area contributed by atoms with Crippen molar-refractivity contribution in [1.82, 2.24) is 0 Å². The van der Waals surface area contributed by atoms with E-state index >= 15 is 0 Å². The molecule has 0 spiro atoms. The van der Waals surface area contributed by atoms with E-state index in [9.17, 15) is 0 Å². The van der Waals surface area contributed by atoms with Crippen LogP contribution in [-0.2, 0) is 19.3 Å². The molecule has 0 bridgehead atoms. The molecule has 0 saturated carbocycles. The van der Waals surface area contributed by atoms with E-state index in [4.69, 9.17) is 4.42 Å². The Kier molecular flexibility index (Phi) is 3.87. The third-order valence-corrected chi connectivity index (χ3v) is 3.45. The lowest BCUT2D eigenvalue weighted by molar-refractivity contribution is 0.489. The number of furan rings is 1. The molecular formula is C14H22O. The standard InChI is InChI=1S/C14H22O/c1-2-3-4-5-10-14-13-9-7-6-8-12(13)11-15-14/h11H,2-10H2,1H3. The van der Waals surface area contributed by atoms with Crippen molar-refractivity contribution < 1.29 is 4.42 Å². The summed E-state index contributed by atoms with van der Waals surface area (Å²) in [6, 6.07) is 0. The molecule has 15 heavy (non-hydrogen) atoms. The molecule has 84 valence electrons. The van der Waals surface area contributed by atoms with Gasteiger partial charge in [-0.05, 0) is 43.2 Å². The lowest BCUT2D eigenvalue weighted by Gasteiger charge is -2.10. The maximum atomic E-state index is 5.70. The van der Waals surface area contributed by atoms with Crippen LogP contribution in [0.1, 0.15) is 62.3 Å². The highest BCUT2D eigenvalue weighted by Gasteiger charge is 2.16. The highest BCUT2D eigenvalue weighted by atomic mass is 16.3. The molecule has 1 heterocycles. The van der Waals surface area contributed by atoms with E-state index in [0.29, 0.717) is 0 Å². The average molecular weight is 206 g/mol. The second kappa shape index (κ2) is 5.39. The minimum atomic E-state index is 1.16. The Hall–Kier alpha value is -0.720. The van der Waals surface area contributed by atoms with Crippen LogP contribution >= 0.6 is 0 Å². The average Bonchev–Trinajstić information content (AvgIpc) is 2.68. The van der Waals surface area contributed by atoms with Crippen LogP contribution in [0.15, 0.2) is 10.7 Å². The molecule has 1 nitrogen and oxygen atoms in total. The number of unbranched alkanes of at least 4 members (excludes halogenated alkanes) is 3. The number of hydrogen-bond donors (Lipinski definition) is 0. The number of fused-ring (bicyclic) bond motifs is 1. The molecule has 0 unspecified atom stereocenters. The van der Waals surface area contributed by atoms with Crippen LogP contribution in [0.5, 0.6) is 0 Å². The first-order valence-corrected chi connectivity index (χ1v) is 6.50. The van der Waals surface area contributed by atoms with Crippen molar-refractivity contribution in [3.8, 4) is 0 Å². The van der Waals surface area contributed by atoms with Crippen molar-refractivity contribution >= 4 is 0 Å². The summed E-state index contributed by atoms with van der Waals surface area (Å²) >= 11 is 0. The summed E-state index contributed by atoms with van der Waals surface area (Å²) in [4.78, 5) is 0. The van der Waals surface area contributed by atoms with Gasteiger partial charge in [-0.1, -0.05) is 26.2 Å². The van der Waals surface area contributed by atoms with E-state index in [1.165, 1.54) is 62.7 Å². The topological polar surface area (TPSA) is 13.1 Å². The van der Waals surface area contributed by atoms with Gasteiger partial charge in [0.1, 0.15) is 5.76 Å². The molecule has 1 aliphatic rings. The van der Waals surface area contributed by atoms with E-state index in [0.717, 1.165) is 6.42 Å². The van der Waals surface area contributed by atoms with Crippen LogP contribution in [0.3, 0.4) is 0 Å². The summed E-state index contributed by atoms with van der Waals surface area (Å²) in [5.74, 6) is 1.29. The zero-order chi connectivity index (χ0) is 10.5. The largest absolute Gasteiger partial charge is 0.469 e. The van der Waals surface area contributed by atoms with Gasteiger partial charge in [-0.3, -0.25) is 0 Å². The van der Waals surface area contributed by atoms with Gasteiger partial charge in [0.25, 0.3) is 0 Å². The molecule has 0 amide bonds. The number of aryl methyl sites for hydroxylation is 2. The van der Waals surface area contributed by atoms with E-state index in [1.807, 2.05) is 6.26 Å². The van der Waals surface area contributed by atoms with Gasteiger partial charge >= 0.3 is 0 Å². The minimum absolute atomic E-state index is 1.16. The maximum Gasteiger partial charge on any atom is 0.107 e. The number of hydrogen-bond acceptors (Lipinski definition) is 1. The van der Waals surface area contributed by atoms with Crippen molar-refractivity contribution in [2.75, 3.05) is 0 Å². The normalized spacial score (nSPS) is 15.3. The highest BCUT2D eigenvalue weighted by molar-refractivity contribution is 5.30. The Balaban J connectivity index is 1.88. The quantitative estimate of drug-likeness (QED) is 0.655. The van der Waals surface area contributed by atoms with Crippen LogP contribution in [0.4, 0.5) is 0 Å². The van der Waals surface area contributed by atoms with Gasteiger partial charge in [0, 0.05) is 6.42 Å². The van der Waals surface area contributed by atoms with E-state index in [-0.39, 0.29) is 0 Å². The second-order valence-corrected chi connectivity index (χ2v) is 4.68. The Labute approximate surface area is 92.9 Å². The highest BCUT2D eigenvalue weighted by Crippen LogP contribution is 2.27. The Morgan fingerprint density at radius 2 is 2.00 bits per heavy atom. The summed E-state index contributed by atoms with van der Waals surface area (Å²) in [6.07, 6.45) is 13.7. The molecule has 0 radical (unpaired) electrons. The van der Waals surface area contributed by atoms with E-state index in [2.05, 4.69) is 6.92 Å². The first kappa shape index (κ1) is 10.8. The molecule has 0 saturated heterocycles. The van der Waals surface area contributed by atoms with Crippen molar-refractivity contribution in [2.24, 2.45) is 0 Å². The summed E-state index contributed by atoms with van der Waals surface area (Å²) < 4.78 is 5.70. The molecule has 1 heteroatoms. The summed E-state index contributed by atoms with van der Waals surface area (Å²) in [5, 5.41) is 0. The van der Waals surface area contributed by atoms with Gasteiger partial charge in [-0.25, -0.2) is 0 Å². The lowest BCUT2D eigenvalue weighted by atomic mass is 9.92. The third-order valence-electron chi connectivity index (χ3n) is 3.45. The fourth-order valence-corrected chi connectivity index (χ4v) is 2.51. The second-order valence-electron chi connectivity index (χ2n) is 4.68. The summed E-state index contributed by atoms with van der Waals surface area (Å²) in [5.41, 5.74) is 3.05. The SMILES string of the molecule is CCCCCCc1occ2c1CCCC2. The molecule has 1 aromatic rings. The molecule has 1 aliphatic carbocycles. The van der Waals surface area contributed by atoms with Crippen LogP contribution in [-0.4, -0.2) is 0 Å². The first-order chi connectivity index (χ1) is 7.42.